The third-order valence-electron chi connectivity index (χ3n) is 5.33. The lowest BCUT2D eigenvalue weighted by Gasteiger charge is -2.32. The maximum Gasteiger partial charge on any atom is 0.191 e. The summed E-state index contributed by atoms with van der Waals surface area (Å²) in [5.74, 6) is 0.857. The lowest BCUT2D eigenvalue weighted by molar-refractivity contribution is 0.148. The molecule has 0 atom stereocenters. The van der Waals surface area contributed by atoms with E-state index in [1.165, 1.54) is 22.3 Å². The second-order valence-corrected chi connectivity index (χ2v) is 7.93. The third kappa shape index (κ3) is 8.24. The zero-order valence-electron chi connectivity index (χ0n) is 18.5. The number of nitrogens with zero attached hydrogens (tertiary/aromatic N) is 3. The molecule has 1 saturated heterocycles. The minimum atomic E-state index is 0. The molecule has 0 saturated carbocycles. The van der Waals surface area contributed by atoms with E-state index in [0.717, 1.165) is 51.8 Å². The molecule has 1 fully saturated rings. The Bertz CT molecular complexity index is 782. The number of hydrogen-bond acceptors (Lipinski definition) is 3. The van der Waals surface area contributed by atoms with Crippen LogP contribution < -0.4 is 10.6 Å². The average Bonchev–Trinajstić information content (AvgIpc) is 2.73. The number of piperazine rings is 1. The molecule has 1 heterocycles. The van der Waals surface area contributed by atoms with Crippen LogP contribution in [0.1, 0.15) is 29.2 Å². The molecule has 2 aromatic rings. The number of aryl methyl sites for hydroxylation is 1. The summed E-state index contributed by atoms with van der Waals surface area (Å²) in [6, 6.07) is 17.5. The topological polar surface area (TPSA) is 42.9 Å². The van der Waals surface area contributed by atoms with Gasteiger partial charge in [0.25, 0.3) is 0 Å². The van der Waals surface area contributed by atoms with Crippen molar-refractivity contribution in [3.05, 3.63) is 70.8 Å². The van der Waals surface area contributed by atoms with Crippen molar-refractivity contribution in [2.75, 3.05) is 39.8 Å². The summed E-state index contributed by atoms with van der Waals surface area (Å²) in [4.78, 5) is 9.66. The predicted molar refractivity (Wildman–Crippen MR) is 137 cm³/mol. The first-order valence-electron chi connectivity index (χ1n) is 10.7. The first kappa shape index (κ1) is 24.6. The SMILES string of the molecule is CCNC(=NCc1cccc(C)c1)NCc1ccc(CN2CCN(C)CC2)cc1.I. The molecule has 1 aliphatic heterocycles. The van der Waals surface area contributed by atoms with Gasteiger partial charge in [-0.3, -0.25) is 4.90 Å². The Balaban J connectivity index is 0.00000320. The highest BCUT2D eigenvalue weighted by Crippen LogP contribution is 2.10. The molecule has 5 nitrogen and oxygen atoms in total. The van der Waals surface area contributed by atoms with Crippen molar-refractivity contribution in [2.45, 2.75) is 33.5 Å². The van der Waals surface area contributed by atoms with Gasteiger partial charge in [-0.25, -0.2) is 4.99 Å². The van der Waals surface area contributed by atoms with Gasteiger partial charge >= 0.3 is 0 Å². The van der Waals surface area contributed by atoms with Crippen molar-refractivity contribution < 1.29 is 0 Å². The fourth-order valence-electron chi connectivity index (χ4n) is 3.54. The van der Waals surface area contributed by atoms with Gasteiger partial charge in [-0.05, 0) is 37.6 Å². The standard InChI is InChI=1S/C24H35N5.HI/c1-4-25-24(27-18-23-7-5-6-20(2)16-23)26-17-21-8-10-22(11-9-21)19-29-14-12-28(3)13-15-29;/h5-11,16H,4,12-15,17-19H2,1-3H3,(H2,25,26,27);1H. The van der Waals surface area contributed by atoms with Crippen LogP contribution in [0, 0.1) is 6.92 Å². The van der Waals surface area contributed by atoms with Crippen LogP contribution in [0.2, 0.25) is 0 Å². The van der Waals surface area contributed by atoms with E-state index < -0.39 is 0 Å². The summed E-state index contributed by atoms with van der Waals surface area (Å²) in [6.45, 7) is 12.2. The van der Waals surface area contributed by atoms with Crippen molar-refractivity contribution in [3.63, 3.8) is 0 Å². The molecule has 6 heteroatoms. The first-order chi connectivity index (χ1) is 14.1. The van der Waals surface area contributed by atoms with E-state index in [1.807, 2.05) is 0 Å². The van der Waals surface area contributed by atoms with Crippen LogP contribution in [0.3, 0.4) is 0 Å². The molecule has 2 aromatic carbocycles. The molecular weight excluding hydrogens is 485 g/mol. The molecule has 164 valence electrons. The minimum Gasteiger partial charge on any atom is -0.357 e. The largest absolute Gasteiger partial charge is 0.357 e. The van der Waals surface area contributed by atoms with Gasteiger partial charge in [0.2, 0.25) is 0 Å². The number of nitrogens with one attached hydrogen (secondary N) is 2. The molecule has 1 aliphatic rings. The van der Waals surface area contributed by atoms with Gasteiger partial charge in [0.15, 0.2) is 5.96 Å². The third-order valence-corrected chi connectivity index (χ3v) is 5.33. The van der Waals surface area contributed by atoms with Gasteiger partial charge < -0.3 is 15.5 Å². The fourth-order valence-corrected chi connectivity index (χ4v) is 3.54. The van der Waals surface area contributed by atoms with E-state index in [2.05, 4.69) is 89.9 Å². The van der Waals surface area contributed by atoms with Crippen molar-refractivity contribution in [3.8, 4) is 0 Å². The zero-order valence-corrected chi connectivity index (χ0v) is 20.9. The van der Waals surface area contributed by atoms with E-state index in [0.29, 0.717) is 6.54 Å². The maximum atomic E-state index is 4.72. The number of guanidine groups is 1. The molecule has 0 bridgehead atoms. The van der Waals surface area contributed by atoms with Gasteiger partial charge in [-0.15, -0.1) is 24.0 Å². The van der Waals surface area contributed by atoms with Crippen LogP contribution in [-0.4, -0.2) is 55.5 Å². The Morgan fingerprint density at radius 1 is 0.933 bits per heavy atom. The van der Waals surface area contributed by atoms with Crippen LogP contribution >= 0.6 is 24.0 Å². The molecular formula is C24H36IN5. The van der Waals surface area contributed by atoms with Crippen LogP contribution in [0.5, 0.6) is 0 Å². The van der Waals surface area contributed by atoms with Crippen LogP contribution in [0.25, 0.3) is 0 Å². The molecule has 0 aromatic heterocycles. The number of benzene rings is 2. The molecule has 0 unspecified atom stereocenters. The highest BCUT2D eigenvalue weighted by atomic mass is 127. The zero-order chi connectivity index (χ0) is 20.5. The molecule has 3 rings (SSSR count). The van der Waals surface area contributed by atoms with Crippen LogP contribution in [0.15, 0.2) is 53.5 Å². The van der Waals surface area contributed by atoms with E-state index in [4.69, 9.17) is 4.99 Å². The molecule has 0 radical (unpaired) electrons. The molecule has 0 spiro atoms. The summed E-state index contributed by atoms with van der Waals surface area (Å²) in [5.41, 5.74) is 5.16. The van der Waals surface area contributed by atoms with Crippen molar-refractivity contribution in [1.82, 2.24) is 20.4 Å². The van der Waals surface area contributed by atoms with E-state index >= 15 is 0 Å². The second-order valence-electron chi connectivity index (χ2n) is 7.93. The Morgan fingerprint density at radius 2 is 1.63 bits per heavy atom. The Labute approximate surface area is 199 Å². The summed E-state index contributed by atoms with van der Waals surface area (Å²) in [5, 5.41) is 6.79. The Morgan fingerprint density at radius 3 is 2.30 bits per heavy atom. The lowest BCUT2D eigenvalue weighted by atomic mass is 10.1. The van der Waals surface area contributed by atoms with E-state index in [1.54, 1.807) is 0 Å². The fraction of sp³-hybridized carbons (Fsp3) is 0.458. The number of likely N-dealkylation sites (N-methyl/N-ethyl adjacent to an activating group) is 1. The molecule has 30 heavy (non-hydrogen) atoms. The number of halogens is 1. The van der Waals surface area contributed by atoms with Gasteiger partial charge in [0.1, 0.15) is 0 Å². The summed E-state index contributed by atoms with van der Waals surface area (Å²) in [7, 11) is 2.20. The van der Waals surface area contributed by atoms with Crippen LogP contribution in [-0.2, 0) is 19.6 Å². The predicted octanol–water partition coefficient (Wildman–Crippen LogP) is 3.62. The number of hydrogen-bond donors (Lipinski definition) is 2. The van der Waals surface area contributed by atoms with Crippen molar-refractivity contribution >= 4 is 29.9 Å². The van der Waals surface area contributed by atoms with Crippen molar-refractivity contribution in [1.29, 1.82) is 0 Å². The molecule has 2 N–H and O–H groups in total. The first-order valence-corrected chi connectivity index (χ1v) is 10.7. The maximum absolute atomic E-state index is 4.72. The molecule has 0 amide bonds. The normalized spacial score (nSPS) is 15.5. The summed E-state index contributed by atoms with van der Waals surface area (Å²) in [6.07, 6.45) is 0. The summed E-state index contributed by atoms with van der Waals surface area (Å²) < 4.78 is 0. The van der Waals surface area contributed by atoms with Gasteiger partial charge in [0.05, 0.1) is 6.54 Å². The van der Waals surface area contributed by atoms with Gasteiger partial charge in [-0.1, -0.05) is 54.1 Å². The number of aliphatic imine (C=N–C) groups is 1. The van der Waals surface area contributed by atoms with E-state index in [9.17, 15) is 0 Å². The van der Waals surface area contributed by atoms with Crippen LogP contribution in [0.4, 0.5) is 0 Å². The minimum absolute atomic E-state index is 0. The van der Waals surface area contributed by atoms with E-state index in [-0.39, 0.29) is 24.0 Å². The quantitative estimate of drug-likeness (QED) is 0.332. The highest BCUT2D eigenvalue weighted by molar-refractivity contribution is 14.0. The Kier molecular flexibility index (Phi) is 10.6. The monoisotopic (exact) mass is 521 g/mol. The number of rotatable bonds is 7. The second kappa shape index (κ2) is 12.9. The average molecular weight is 521 g/mol. The summed E-state index contributed by atoms with van der Waals surface area (Å²) >= 11 is 0. The lowest BCUT2D eigenvalue weighted by Crippen LogP contribution is -2.43. The van der Waals surface area contributed by atoms with Gasteiger partial charge in [-0.2, -0.15) is 0 Å². The van der Waals surface area contributed by atoms with Crippen molar-refractivity contribution in [2.24, 2.45) is 4.99 Å². The van der Waals surface area contributed by atoms with Gasteiger partial charge in [0, 0.05) is 45.8 Å². The highest BCUT2D eigenvalue weighted by Gasteiger charge is 2.13. The molecule has 0 aliphatic carbocycles. The smallest absolute Gasteiger partial charge is 0.191 e. The Hall–Kier alpha value is -1.64.